The van der Waals surface area contributed by atoms with Gasteiger partial charge in [-0.15, -0.1) is 0 Å². The molecule has 4 nitrogen and oxygen atoms in total. The van der Waals surface area contributed by atoms with Gasteiger partial charge in [-0.2, -0.15) is 0 Å². The Bertz CT molecular complexity index is 464. The zero-order chi connectivity index (χ0) is 13.1. The van der Waals surface area contributed by atoms with Crippen molar-refractivity contribution >= 4 is 5.84 Å². The third kappa shape index (κ3) is 2.83. The monoisotopic (exact) mass is 259 g/mol. The van der Waals surface area contributed by atoms with Gasteiger partial charge in [0.15, 0.2) is 5.84 Å². The second-order valence-corrected chi connectivity index (χ2v) is 5.36. The topological polar surface area (TPSA) is 36.9 Å². The van der Waals surface area contributed by atoms with Crippen LogP contribution >= 0.6 is 0 Å². The molecular formula is C15H21N3O. The van der Waals surface area contributed by atoms with Crippen LogP contribution in [0.4, 0.5) is 0 Å². The number of aliphatic imine (C=N–C) groups is 1. The highest BCUT2D eigenvalue weighted by Gasteiger charge is 2.21. The normalized spacial score (nSPS) is 27.7. The molecule has 0 aromatic rings. The van der Waals surface area contributed by atoms with Gasteiger partial charge in [0.2, 0.25) is 0 Å². The number of nitrogens with one attached hydrogen (secondary N) is 1. The van der Waals surface area contributed by atoms with E-state index in [1.807, 2.05) is 0 Å². The van der Waals surface area contributed by atoms with Gasteiger partial charge in [-0.05, 0) is 24.5 Å². The third-order valence-electron chi connectivity index (χ3n) is 3.92. The highest BCUT2D eigenvalue weighted by Crippen LogP contribution is 2.25. The fourth-order valence-electron chi connectivity index (χ4n) is 2.80. The van der Waals surface area contributed by atoms with E-state index >= 15 is 0 Å². The first-order valence-electron chi connectivity index (χ1n) is 7.17. The van der Waals surface area contributed by atoms with Crippen molar-refractivity contribution in [1.82, 2.24) is 10.2 Å². The van der Waals surface area contributed by atoms with Crippen molar-refractivity contribution in [3.05, 3.63) is 11.3 Å². The molecule has 1 fully saturated rings. The summed E-state index contributed by atoms with van der Waals surface area (Å²) in [6, 6.07) is 0. The Balaban J connectivity index is 1.88. The molecule has 1 saturated heterocycles. The van der Waals surface area contributed by atoms with E-state index in [2.05, 4.69) is 29.0 Å². The molecule has 1 unspecified atom stereocenters. The molecule has 102 valence electrons. The van der Waals surface area contributed by atoms with Crippen molar-refractivity contribution < 1.29 is 4.74 Å². The first-order chi connectivity index (χ1) is 9.34. The largest absolute Gasteiger partial charge is 0.378 e. The van der Waals surface area contributed by atoms with Gasteiger partial charge in [0, 0.05) is 37.7 Å². The molecule has 0 radical (unpaired) electrons. The lowest BCUT2D eigenvalue weighted by molar-refractivity contribution is 0.0686. The molecule has 4 heteroatoms. The van der Waals surface area contributed by atoms with E-state index in [1.165, 1.54) is 11.3 Å². The van der Waals surface area contributed by atoms with Gasteiger partial charge >= 0.3 is 0 Å². The Morgan fingerprint density at radius 3 is 3.05 bits per heavy atom. The van der Waals surface area contributed by atoms with Crippen LogP contribution in [0.25, 0.3) is 0 Å². The number of rotatable bonds is 0. The third-order valence-corrected chi connectivity index (χ3v) is 3.92. The van der Waals surface area contributed by atoms with Crippen molar-refractivity contribution in [2.24, 2.45) is 10.9 Å². The van der Waals surface area contributed by atoms with Gasteiger partial charge < -0.3 is 15.0 Å². The Morgan fingerprint density at radius 1 is 1.37 bits per heavy atom. The highest BCUT2D eigenvalue weighted by atomic mass is 16.5. The minimum absolute atomic E-state index is 0.468. The second kappa shape index (κ2) is 5.77. The van der Waals surface area contributed by atoms with E-state index in [0.29, 0.717) is 5.92 Å². The molecule has 0 saturated carbocycles. The standard InChI is InChI=1S/C15H21N3O/c1-12-11-16-6-5-13-3-2-4-14(17-15(12)13)18-7-9-19-10-8-18/h12,16H,3,5-11H2,1H3. The predicted molar refractivity (Wildman–Crippen MR) is 75.9 cm³/mol. The molecule has 1 N–H and O–H groups in total. The maximum absolute atomic E-state index is 5.40. The lowest BCUT2D eigenvalue weighted by Gasteiger charge is -2.27. The van der Waals surface area contributed by atoms with Crippen molar-refractivity contribution in [3.63, 3.8) is 0 Å². The quantitative estimate of drug-likeness (QED) is 0.660. The second-order valence-electron chi connectivity index (χ2n) is 5.36. The lowest BCUT2D eigenvalue weighted by Crippen LogP contribution is -2.40. The van der Waals surface area contributed by atoms with Crippen LogP contribution in [0.2, 0.25) is 0 Å². The fourth-order valence-corrected chi connectivity index (χ4v) is 2.80. The highest BCUT2D eigenvalue weighted by molar-refractivity contribution is 5.99. The number of nitrogens with zero attached hydrogens (tertiary/aromatic N) is 2. The van der Waals surface area contributed by atoms with E-state index in [9.17, 15) is 0 Å². The van der Waals surface area contributed by atoms with Crippen LogP contribution in [0.1, 0.15) is 19.8 Å². The fraction of sp³-hybridized carbons (Fsp3) is 0.667. The summed E-state index contributed by atoms with van der Waals surface area (Å²) < 4.78 is 5.40. The molecular weight excluding hydrogens is 238 g/mol. The molecule has 0 amide bonds. The maximum Gasteiger partial charge on any atom is 0.181 e. The first-order valence-corrected chi connectivity index (χ1v) is 7.17. The van der Waals surface area contributed by atoms with Crippen LogP contribution in [0.15, 0.2) is 16.3 Å². The predicted octanol–water partition coefficient (Wildman–Crippen LogP) is 1.01. The molecule has 3 aliphatic rings. The van der Waals surface area contributed by atoms with Gasteiger partial charge in [0.25, 0.3) is 0 Å². The molecule has 0 spiro atoms. The number of hydrogen-bond acceptors (Lipinski definition) is 4. The summed E-state index contributed by atoms with van der Waals surface area (Å²) in [4.78, 5) is 7.18. The van der Waals surface area contributed by atoms with E-state index < -0.39 is 0 Å². The average molecular weight is 259 g/mol. The van der Waals surface area contributed by atoms with Crippen LogP contribution in [0.5, 0.6) is 0 Å². The summed E-state index contributed by atoms with van der Waals surface area (Å²) in [5.74, 6) is 7.96. The molecule has 0 aliphatic carbocycles. The van der Waals surface area contributed by atoms with Crippen LogP contribution in [0, 0.1) is 17.8 Å². The zero-order valence-electron chi connectivity index (χ0n) is 11.5. The number of amidine groups is 1. The molecule has 0 aromatic carbocycles. The van der Waals surface area contributed by atoms with Gasteiger partial charge in [0.1, 0.15) is 0 Å². The number of hydrogen-bond donors (Lipinski definition) is 1. The molecule has 1 atom stereocenters. The molecule has 19 heavy (non-hydrogen) atoms. The van der Waals surface area contributed by atoms with Crippen LogP contribution in [-0.2, 0) is 4.74 Å². The molecule has 3 heterocycles. The van der Waals surface area contributed by atoms with Gasteiger partial charge in [0.05, 0.1) is 13.2 Å². The van der Waals surface area contributed by atoms with Crippen molar-refractivity contribution in [1.29, 1.82) is 0 Å². The summed E-state index contributed by atoms with van der Waals surface area (Å²) in [5, 5.41) is 3.48. The van der Waals surface area contributed by atoms with Gasteiger partial charge in [-0.25, -0.2) is 4.99 Å². The minimum Gasteiger partial charge on any atom is -0.378 e. The Kier molecular flexibility index (Phi) is 3.86. The maximum atomic E-state index is 5.40. The van der Waals surface area contributed by atoms with Crippen molar-refractivity contribution in [2.45, 2.75) is 19.8 Å². The zero-order valence-corrected chi connectivity index (χ0v) is 11.5. The number of morpholine rings is 1. The average Bonchev–Trinajstić information content (AvgIpc) is 2.75. The van der Waals surface area contributed by atoms with Crippen LogP contribution < -0.4 is 5.32 Å². The smallest absolute Gasteiger partial charge is 0.181 e. The SMILES string of the molecule is CC1CNCCC2=C1N=C(N1CCOCC1)C#CC2. The van der Waals surface area contributed by atoms with Crippen LogP contribution in [0.3, 0.4) is 0 Å². The van der Waals surface area contributed by atoms with Crippen molar-refractivity contribution in [2.75, 3.05) is 39.4 Å². The first kappa shape index (κ1) is 12.7. The number of ether oxygens (including phenoxy) is 1. The van der Waals surface area contributed by atoms with E-state index in [0.717, 1.165) is 58.1 Å². The molecule has 0 aromatic heterocycles. The van der Waals surface area contributed by atoms with E-state index in [-0.39, 0.29) is 0 Å². The van der Waals surface area contributed by atoms with E-state index in [1.54, 1.807) is 0 Å². The summed E-state index contributed by atoms with van der Waals surface area (Å²) >= 11 is 0. The summed E-state index contributed by atoms with van der Waals surface area (Å²) in [6.45, 7) is 7.68. The molecule has 3 aliphatic heterocycles. The van der Waals surface area contributed by atoms with Gasteiger partial charge in [-0.1, -0.05) is 12.8 Å². The van der Waals surface area contributed by atoms with Crippen molar-refractivity contribution in [3.8, 4) is 11.8 Å². The summed E-state index contributed by atoms with van der Waals surface area (Å²) in [6.07, 6.45) is 1.95. The molecule has 0 bridgehead atoms. The summed E-state index contributed by atoms with van der Waals surface area (Å²) in [5.41, 5.74) is 2.68. The van der Waals surface area contributed by atoms with Crippen LogP contribution in [-0.4, -0.2) is 50.1 Å². The molecule has 3 rings (SSSR count). The Morgan fingerprint density at radius 2 is 2.21 bits per heavy atom. The van der Waals surface area contributed by atoms with Gasteiger partial charge in [-0.3, -0.25) is 0 Å². The van der Waals surface area contributed by atoms with E-state index in [4.69, 9.17) is 9.73 Å². The minimum atomic E-state index is 0.468. The lowest BCUT2D eigenvalue weighted by atomic mass is 10.0. The Labute approximate surface area is 114 Å². The summed E-state index contributed by atoms with van der Waals surface area (Å²) in [7, 11) is 0. The Hall–Kier alpha value is -1.31.